The maximum Gasteiger partial charge on any atom is 0.243 e. The number of hydrogen-bond donors (Lipinski definition) is 1. The van der Waals surface area contributed by atoms with Crippen molar-refractivity contribution in [3.8, 4) is 5.69 Å². The molecule has 3 rings (SSSR count). The van der Waals surface area contributed by atoms with Gasteiger partial charge in [0.25, 0.3) is 0 Å². The molecule has 0 spiro atoms. The van der Waals surface area contributed by atoms with Gasteiger partial charge in [-0.05, 0) is 36.8 Å². The molecule has 38 heavy (non-hydrogen) atoms. The molecule has 0 unspecified atom stereocenters. The second kappa shape index (κ2) is 13.6. The van der Waals surface area contributed by atoms with Gasteiger partial charge in [0.05, 0.1) is 26.4 Å². The molecule has 3 aromatic rings. The lowest BCUT2D eigenvalue weighted by Crippen LogP contribution is -2.30. The van der Waals surface area contributed by atoms with Crippen LogP contribution < -0.4 is 5.32 Å². The van der Waals surface area contributed by atoms with Gasteiger partial charge in [0.2, 0.25) is 15.9 Å². The SMILES string of the molecule is CCN(CC)S(=O)(=O)c1ccc(C(=O)CSc2nnc(CCCNC(C)=O)n2-c2ccc(Cl)c(Cl)c2)cc1. The van der Waals surface area contributed by atoms with Crippen molar-refractivity contribution in [1.29, 1.82) is 0 Å². The van der Waals surface area contributed by atoms with Crippen LogP contribution in [0.2, 0.25) is 10.0 Å². The molecule has 13 heteroatoms. The van der Waals surface area contributed by atoms with E-state index >= 15 is 0 Å². The summed E-state index contributed by atoms with van der Waals surface area (Å²) in [5.74, 6) is 0.421. The van der Waals surface area contributed by atoms with Gasteiger partial charge in [-0.15, -0.1) is 10.2 Å². The van der Waals surface area contributed by atoms with E-state index in [2.05, 4.69) is 15.5 Å². The number of thioether (sulfide) groups is 1. The number of hydrogen-bond acceptors (Lipinski definition) is 7. The molecule has 0 saturated carbocycles. The Morgan fingerprint density at radius 3 is 2.32 bits per heavy atom. The summed E-state index contributed by atoms with van der Waals surface area (Å²) in [6.07, 6.45) is 1.18. The van der Waals surface area contributed by atoms with Crippen LogP contribution in [0.3, 0.4) is 0 Å². The molecule has 1 heterocycles. The predicted molar refractivity (Wildman–Crippen MR) is 150 cm³/mol. The fourth-order valence-electron chi connectivity index (χ4n) is 3.69. The number of amides is 1. The molecule has 0 aliphatic heterocycles. The zero-order valence-corrected chi connectivity index (χ0v) is 24.4. The zero-order valence-electron chi connectivity index (χ0n) is 21.3. The molecule has 1 amide bonds. The summed E-state index contributed by atoms with van der Waals surface area (Å²) in [5.41, 5.74) is 1.09. The Labute approximate surface area is 237 Å². The van der Waals surface area contributed by atoms with E-state index in [0.717, 1.165) is 0 Å². The number of aryl methyl sites for hydroxylation is 1. The van der Waals surface area contributed by atoms with Crippen molar-refractivity contribution >= 4 is 56.7 Å². The lowest BCUT2D eigenvalue weighted by atomic mass is 10.1. The fourth-order valence-corrected chi connectivity index (χ4v) is 6.30. The largest absolute Gasteiger partial charge is 0.356 e. The van der Waals surface area contributed by atoms with Crippen LogP contribution in [0.25, 0.3) is 5.69 Å². The molecule has 1 N–H and O–H groups in total. The number of nitrogens with one attached hydrogen (secondary N) is 1. The molecule has 0 fully saturated rings. The number of ketones is 1. The highest BCUT2D eigenvalue weighted by atomic mass is 35.5. The summed E-state index contributed by atoms with van der Waals surface area (Å²) in [5, 5.41) is 12.6. The fraction of sp³-hybridized carbons (Fsp3) is 0.360. The molecule has 2 aromatic carbocycles. The van der Waals surface area contributed by atoms with Gasteiger partial charge in [-0.1, -0.05) is 60.9 Å². The molecule has 0 saturated heterocycles. The average Bonchev–Trinajstić information content (AvgIpc) is 3.30. The lowest BCUT2D eigenvalue weighted by Gasteiger charge is -2.18. The van der Waals surface area contributed by atoms with Gasteiger partial charge in [0.15, 0.2) is 10.9 Å². The van der Waals surface area contributed by atoms with Crippen molar-refractivity contribution in [2.45, 2.75) is 43.7 Å². The van der Waals surface area contributed by atoms with Gasteiger partial charge in [-0.3, -0.25) is 14.2 Å². The first kappa shape index (κ1) is 30.1. The third kappa shape index (κ3) is 7.35. The highest BCUT2D eigenvalue weighted by molar-refractivity contribution is 7.99. The van der Waals surface area contributed by atoms with Crippen LogP contribution in [0.1, 0.15) is 43.4 Å². The number of halogens is 2. The van der Waals surface area contributed by atoms with Crippen LogP contribution in [0.4, 0.5) is 0 Å². The maximum atomic E-state index is 12.9. The number of nitrogens with zero attached hydrogens (tertiary/aromatic N) is 4. The third-order valence-corrected chi connectivity index (χ3v) is 9.40. The Morgan fingerprint density at radius 1 is 1.03 bits per heavy atom. The molecule has 0 atom stereocenters. The number of carbonyl (C=O) groups is 2. The summed E-state index contributed by atoms with van der Waals surface area (Å²) in [6, 6.07) is 11.1. The highest BCUT2D eigenvalue weighted by Crippen LogP contribution is 2.29. The van der Waals surface area contributed by atoms with Gasteiger partial charge < -0.3 is 5.32 Å². The number of aromatic nitrogens is 3. The van der Waals surface area contributed by atoms with Crippen LogP contribution >= 0.6 is 35.0 Å². The maximum absolute atomic E-state index is 12.9. The molecular weight excluding hydrogens is 569 g/mol. The lowest BCUT2D eigenvalue weighted by molar-refractivity contribution is -0.118. The monoisotopic (exact) mass is 597 g/mol. The minimum atomic E-state index is -3.60. The van der Waals surface area contributed by atoms with Crippen molar-refractivity contribution in [3.63, 3.8) is 0 Å². The van der Waals surface area contributed by atoms with E-state index < -0.39 is 10.0 Å². The number of rotatable bonds is 13. The highest BCUT2D eigenvalue weighted by Gasteiger charge is 2.22. The standard InChI is InChI=1S/C25H29Cl2N5O4S2/c1-4-31(5-2)38(35,36)20-11-8-18(9-12-20)23(34)16-37-25-30-29-24(7-6-14-28-17(3)33)32(25)19-10-13-21(26)22(27)15-19/h8-13,15H,4-7,14,16H2,1-3H3,(H,28,33). The Hall–Kier alpha value is -2.44. The predicted octanol–water partition coefficient (Wildman–Crippen LogP) is 4.65. The normalized spacial score (nSPS) is 11.6. The van der Waals surface area contributed by atoms with Gasteiger partial charge in [0, 0.05) is 38.5 Å². The second-order valence-electron chi connectivity index (χ2n) is 8.24. The summed E-state index contributed by atoms with van der Waals surface area (Å²) >= 11 is 13.6. The van der Waals surface area contributed by atoms with E-state index in [4.69, 9.17) is 23.2 Å². The second-order valence-corrected chi connectivity index (χ2v) is 11.9. The van der Waals surface area contributed by atoms with Gasteiger partial charge in [-0.25, -0.2) is 8.42 Å². The first-order valence-corrected chi connectivity index (χ1v) is 15.2. The van der Waals surface area contributed by atoms with Crippen LogP contribution in [0.5, 0.6) is 0 Å². The van der Waals surface area contributed by atoms with E-state index in [-0.39, 0.29) is 22.3 Å². The zero-order chi connectivity index (χ0) is 27.9. The van der Waals surface area contributed by atoms with Crippen LogP contribution in [0.15, 0.2) is 52.5 Å². The van der Waals surface area contributed by atoms with Gasteiger partial charge in [-0.2, -0.15) is 4.31 Å². The topological polar surface area (TPSA) is 114 Å². The smallest absolute Gasteiger partial charge is 0.243 e. The number of carbonyl (C=O) groups excluding carboxylic acids is 2. The molecule has 1 aromatic heterocycles. The van der Waals surface area contributed by atoms with E-state index in [1.807, 2.05) is 4.57 Å². The van der Waals surface area contributed by atoms with Crippen LogP contribution in [0, 0.1) is 0 Å². The van der Waals surface area contributed by atoms with E-state index in [1.165, 1.54) is 47.3 Å². The van der Waals surface area contributed by atoms with Crippen molar-refractivity contribution < 1.29 is 18.0 Å². The van der Waals surface area contributed by atoms with Crippen molar-refractivity contribution in [3.05, 3.63) is 63.9 Å². The van der Waals surface area contributed by atoms with Gasteiger partial charge >= 0.3 is 0 Å². The average molecular weight is 599 g/mol. The van der Waals surface area contributed by atoms with Gasteiger partial charge in [0.1, 0.15) is 5.82 Å². The summed E-state index contributed by atoms with van der Waals surface area (Å²) in [7, 11) is -3.60. The van der Waals surface area contributed by atoms with E-state index in [1.54, 1.807) is 32.0 Å². The van der Waals surface area contributed by atoms with E-state index in [9.17, 15) is 18.0 Å². The Morgan fingerprint density at radius 2 is 1.71 bits per heavy atom. The van der Waals surface area contributed by atoms with Crippen molar-refractivity contribution in [1.82, 2.24) is 24.4 Å². The summed E-state index contributed by atoms with van der Waals surface area (Å²) in [4.78, 5) is 24.3. The molecule has 9 nitrogen and oxygen atoms in total. The number of benzene rings is 2. The molecular formula is C25H29Cl2N5O4S2. The molecule has 0 radical (unpaired) electrons. The van der Waals surface area contributed by atoms with Crippen LogP contribution in [-0.2, 0) is 21.2 Å². The van der Waals surface area contributed by atoms with Crippen molar-refractivity contribution in [2.75, 3.05) is 25.4 Å². The minimum absolute atomic E-state index is 0.0630. The quantitative estimate of drug-likeness (QED) is 0.173. The Kier molecular flexibility index (Phi) is 10.8. The first-order chi connectivity index (χ1) is 18.1. The molecule has 0 aliphatic rings. The number of sulfonamides is 1. The van der Waals surface area contributed by atoms with Crippen molar-refractivity contribution in [2.24, 2.45) is 0 Å². The van der Waals surface area contributed by atoms with Crippen LogP contribution in [-0.4, -0.2) is 64.6 Å². The summed E-state index contributed by atoms with van der Waals surface area (Å²) in [6.45, 7) is 6.24. The Balaban J connectivity index is 1.78. The minimum Gasteiger partial charge on any atom is -0.356 e. The molecule has 204 valence electrons. The Bertz CT molecular complexity index is 1390. The van der Waals surface area contributed by atoms with E-state index in [0.29, 0.717) is 64.8 Å². The number of Topliss-reactive ketones (excluding diaryl/α,β-unsaturated/α-hetero) is 1. The molecule has 0 aliphatic carbocycles. The third-order valence-electron chi connectivity index (χ3n) is 5.66. The first-order valence-electron chi connectivity index (χ1n) is 12.0. The summed E-state index contributed by atoms with van der Waals surface area (Å²) < 4.78 is 28.6. The molecule has 0 bridgehead atoms.